The molecule has 0 aliphatic heterocycles. The SMILES string of the molecule is O=C(Nc1cnnc2ccccc12)c1cccc(Br)c1. The van der Waals surface area contributed by atoms with Crippen molar-refractivity contribution in [1.29, 1.82) is 0 Å². The highest BCUT2D eigenvalue weighted by molar-refractivity contribution is 9.10. The number of fused-ring (bicyclic) bond motifs is 1. The average molecular weight is 328 g/mol. The van der Waals surface area contributed by atoms with E-state index in [1.807, 2.05) is 36.4 Å². The van der Waals surface area contributed by atoms with Gasteiger partial charge in [-0.05, 0) is 24.3 Å². The zero-order valence-electron chi connectivity index (χ0n) is 10.4. The van der Waals surface area contributed by atoms with Crippen LogP contribution in [0, 0.1) is 0 Å². The third-order valence-corrected chi connectivity index (χ3v) is 3.37. The summed E-state index contributed by atoms with van der Waals surface area (Å²) in [5.41, 5.74) is 1.99. The van der Waals surface area contributed by atoms with Crippen molar-refractivity contribution in [3.05, 3.63) is 64.8 Å². The lowest BCUT2D eigenvalue weighted by molar-refractivity contribution is 0.102. The Hall–Kier alpha value is -2.27. The number of hydrogen-bond donors (Lipinski definition) is 1. The molecule has 0 spiro atoms. The van der Waals surface area contributed by atoms with Gasteiger partial charge in [-0.25, -0.2) is 0 Å². The molecule has 98 valence electrons. The van der Waals surface area contributed by atoms with Crippen molar-refractivity contribution >= 4 is 38.4 Å². The van der Waals surface area contributed by atoms with Crippen LogP contribution in [-0.2, 0) is 0 Å². The maximum Gasteiger partial charge on any atom is 0.255 e. The van der Waals surface area contributed by atoms with Crippen LogP contribution in [0.4, 0.5) is 5.69 Å². The molecule has 2 aromatic carbocycles. The maximum absolute atomic E-state index is 12.2. The molecule has 0 aliphatic carbocycles. The van der Waals surface area contributed by atoms with Crippen LogP contribution < -0.4 is 5.32 Å². The normalized spacial score (nSPS) is 10.4. The summed E-state index contributed by atoms with van der Waals surface area (Å²) < 4.78 is 0.864. The van der Waals surface area contributed by atoms with Gasteiger partial charge in [0.15, 0.2) is 0 Å². The van der Waals surface area contributed by atoms with E-state index in [0.717, 1.165) is 15.4 Å². The second kappa shape index (κ2) is 5.38. The van der Waals surface area contributed by atoms with Crippen LogP contribution in [-0.4, -0.2) is 16.1 Å². The summed E-state index contributed by atoms with van der Waals surface area (Å²) in [4.78, 5) is 12.2. The molecule has 0 radical (unpaired) electrons. The zero-order chi connectivity index (χ0) is 13.9. The summed E-state index contributed by atoms with van der Waals surface area (Å²) in [7, 11) is 0. The van der Waals surface area contributed by atoms with Crippen molar-refractivity contribution in [2.75, 3.05) is 5.32 Å². The van der Waals surface area contributed by atoms with E-state index in [9.17, 15) is 4.79 Å². The van der Waals surface area contributed by atoms with Gasteiger partial charge < -0.3 is 5.32 Å². The molecule has 1 aromatic heterocycles. The van der Waals surface area contributed by atoms with Crippen molar-refractivity contribution in [1.82, 2.24) is 10.2 Å². The highest BCUT2D eigenvalue weighted by atomic mass is 79.9. The number of aromatic nitrogens is 2. The number of nitrogens with one attached hydrogen (secondary N) is 1. The Balaban J connectivity index is 1.95. The number of amides is 1. The van der Waals surface area contributed by atoms with Crippen LogP contribution in [0.2, 0.25) is 0 Å². The van der Waals surface area contributed by atoms with Gasteiger partial charge in [-0.15, -0.1) is 0 Å². The molecule has 0 atom stereocenters. The van der Waals surface area contributed by atoms with Crippen LogP contribution in [0.15, 0.2) is 59.2 Å². The molecule has 3 rings (SSSR count). The number of nitrogens with zero attached hydrogens (tertiary/aromatic N) is 2. The van der Waals surface area contributed by atoms with Crippen molar-refractivity contribution in [2.24, 2.45) is 0 Å². The fraction of sp³-hybridized carbons (Fsp3) is 0. The molecule has 1 heterocycles. The molecule has 0 saturated carbocycles. The molecule has 1 amide bonds. The number of benzene rings is 2. The Morgan fingerprint density at radius 3 is 2.80 bits per heavy atom. The molecule has 3 aromatic rings. The van der Waals surface area contributed by atoms with Crippen molar-refractivity contribution in [3.8, 4) is 0 Å². The van der Waals surface area contributed by atoms with Gasteiger partial charge in [0.2, 0.25) is 0 Å². The number of carbonyl (C=O) groups excluding carboxylic acids is 1. The van der Waals surface area contributed by atoms with Crippen LogP contribution in [0.5, 0.6) is 0 Å². The van der Waals surface area contributed by atoms with Gasteiger partial charge in [0.05, 0.1) is 17.4 Å². The zero-order valence-corrected chi connectivity index (χ0v) is 12.0. The first-order valence-electron chi connectivity index (χ1n) is 6.01. The minimum atomic E-state index is -0.176. The number of carbonyl (C=O) groups is 1. The molecular weight excluding hydrogens is 318 g/mol. The maximum atomic E-state index is 12.2. The van der Waals surface area contributed by atoms with Gasteiger partial charge >= 0.3 is 0 Å². The third kappa shape index (κ3) is 2.53. The molecule has 20 heavy (non-hydrogen) atoms. The Bertz CT molecular complexity index is 783. The van der Waals surface area contributed by atoms with E-state index in [1.54, 1.807) is 18.3 Å². The Morgan fingerprint density at radius 1 is 1.10 bits per heavy atom. The van der Waals surface area contributed by atoms with Crippen LogP contribution in [0.25, 0.3) is 10.9 Å². The predicted molar refractivity (Wildman–Crippen MR) is 81.6 cm³/mol. The van der Waals surface area contributed by atoms with E-state index < -0.39 is 0 Å². The molecule has 0 fully saturated rings. The fourth-order valence-electron chi connectivity index (χ4n) is 1.93. The van der Waals surface area contributed by atoms with Gasteiger partial charge in [0.25, 0.3) is 5.91 Å². The van der Waals surface area contributed by atoms with Crippen LogP contribution in [0.1, 0.15) is 10.4 Å². The topological polar surface area (TPSA) is 54.9 Å². The average Bonchev–Trinajstić information content (AvgIpc) is 2.47. The first-order valence-corrected chi connectivity index (χ1v) is 6.81. The first kappa shape index (κ1) is 12.7. The molecule has 4 nitrogen and oxygen atoms in total. The van der Waals surface area contributed by atoms with Gasteiger partial charge in [-0.2, -0.15) is 10.2 Å². The van der Waals surface area contributed by atoms with Gasteiger partial charge in [-0.3, -0.25) is 4.79 Å². The van der Waals surface area contributed by atoms with E-state index in [0.29, 0.717) is 11.3 Å². The second-order valence-corrected chi connectivity index (χ2v) is 5.16. The standard InChI is InChI=1S/C15H10BrN3O/c16-11-5-3-4-10(8-11)15(20)18-14-9-17-19-13-7-2-1-6-12(13)14/h1-9H,(H,18,19,20). The van der Waals surface area contributed by atoms with E-state index >= 15 is 0 Å². The molecule has 0 saturated heterocycles. The molecule has 0 bridgehead atoms. The summed E-state index contributed by atoms with van der Waals surface area (Å²) in [6.07, 6.45) is 1.55. The van der Waals surface area contributed by atoms with Crippen molar-refractivity contribution in [2.45, 2.75) is 0 Å². The minimum absolute atomic E-state index is 0.176. The number of halogens is 1. The van der Waals surface area contributed by atoms with Gasteiger partial charge in [0.1, 0.15) is 0 Å². The van der Waals surface area contributed by atoms with E-state index in [2.05, 4.69) is 31.4 Å². The summed E-state index contributed by atoms with van der Waals surface area (Å²) in [5, 5.41) is 11.7. The second-order valence-electron chi connectivity index (χ2n) is 4.24. The van der Waals surface area contributed by atoms with Gasteiger partial charge in [0, 0.05) is 15.4 Å². The highest BCUT2D eigenvalue weighted by Crippen LogP contribution is 2.21. The van der Waals surface area contributed by atoms with E-state index in [4.69, 9.17) is 0 Å². The Kier molecular flexibility index (Phi) is 3.43. The quantitative estimate of drug-likeness (QED) is 0.781. The molecule has 0 aliphatic rings. The molecule has 5 heteroatoms. The van der Waals surface area contributed by atoms with Crippen LogP contribution in [0.3, 0.4) is 0 Å². The lowest BCUT2D eigenvalue weighted by Crippen LogP contribution is -2.12. The monoisotopic (exact) mass is 327 g/mol. The number of anilines is 1. The smallest absolute Gasteiger partial charge is 0.255 e. The predicted octanol–water partition coefficient (Wildman–Crippen LogP) is 3.64. The van der Waals surface area contributed by atoms with E-state index in [1.165, 1.54) is 0 Å². The Morgan fingerprint density at radius 2 is 1.95 bits per heavy atom. The first-order chi connectivity index (χ1) is 9.74. The van der Waals surface area contributed by atoms with Crippen molar-refractivity contribution < 1.29 is 4.79 Å². The lowest BCUT2D eigenvalue weighted by atomic mass is 10.2. The number of rotatable bonds is 2. The van der Waals surface area contributed by atoms with Gasteiger partial charge in [-0.1, -0.05) is 40.2 Å². The summed E-state index contributed by atoms with van der Waals surface area (Å²) in [5.74, 6) is -0.176. The minimum Gasteiger partial charge on any atom is -0.320 e. The fourth-order valence-corrected chi connectivity index (χ4v) is 2.33. The number of hydrogen-bond acceptors (Lipinski definition) is 3. The third-order valence-electron chi connectivity index (χ3n) is 2.88. The summed E-state index contributed by atoms with van der Waals surface area (Å²) in [6.45, 7) is 0. The largest absolute Gasteiger partial charge is 0.320 e. The molecule has 0 unspecified atom stereocenters. The Labute approximate surface area is 124 Å². The van der Waals surface area contributed by atoms with E-state index in [-0.39, 0.29) is 5.91 Å². The van der Waals surface area contributed by atoms with Crippen molar-refractivity contribution in [3.63, 3.8) is 0 Å². The lowest BCUT2D eigenvalue weighted by Gasteiger charge is -2.07. The highest BCUT2D eigenvalue weighted by Gasteiger charge is 2.09. The van der Waals surface area contributed by atoms with Crippen LogP contribution >= 0.6 is 15.9 Å². The molecule has 1 N–H and O–H groups in total. The summed E-state index contributed by atoms with van der Waals surface area (Å²) in [6, 6.07) is 14.8. The molecular formula is C15H10BrN3O. The summed E-state index contributed by atoms with van der Waals surface area (Å²) >= 11 is 3.35.